The highest BCUT2D eigenvalue weighted by Crippen LogP contribution is 2.32. The van der Waals surface area contributed by atoms with Crippen LogP contribution in [-0.2, 0) is 6.42 Å². The molecule has 0 amide bonds. The van der Waals surface area contributed by atoms with E-state index >= 15 is 0 Å². The second kappa shape index (κ2) is 14.1. The van der Waals surface area contributed by atoms with E-state index in [9.17, 15) is 0 Å². The summed E-state index contributed by atoms with van der Waals surface area (Å²) in [5.74, 6) is 2.56. The number of aryl methyl sites for hydroxylation is 2. The van der Waals surface area contributed by atoms with Crippen LogP contribution in [0.4, 0.5) is 5.82 Å². The number of piperidine rings is 1. The molecule has 1 unspecified atom stereocenters. The minimum Gasteiger partial charge on any atom is -0.496 e. The van der Waals surface area contributed by atoms with E-state index in [4.69, 9.17) is 14.7 Å². The number of unbranched alkanes of at least 4 members (excludes halogenated alkanes) is 5. The van der Waals surface area contributed by atoms with Gasteiger partial charge in [-0.2, -0.15) is 0 Å². The largest absolute Gasteiger partial charge is 0.496 e. The summed E-state index contributed by atoms with van der Waals surface area (Å²) in [4.78, 5) is 12.2. The van der Waals surface area contributed by atoms with Gasteiger partial charge in [-0.15, -0.1) is 0 Å². The number of ether oxygens (including phenoxy) is 1. The molecule has 0 saturated carbocycles. The minimum atomic E-state index is 0.112. The van der Waals surface area contributed by atoms with Crippen molar-refractivity contribution in [1.29, 1.82) is 0 Å². The highest BCUT2D eigenvalue weighted by molar-refractivity contribution is 9.10. The summed E-state index contributed by atoms with van der Waals surface area (Å²) in [7, 11) is 1.76. The minimum absolute atomic E-state index is 0.112. The molecule has 200 valence electrons. The van der Waals surface area contributed by atoms with Gasteiger partial charge in [0.25, 0.3) is 0 Å². The van der Waals surface area contributed by atoms with Gasteiger partial charge in [-0.25, -0.2) is 9.97 Å². The Kier molecular flexibility index (Phi) is 10.6. The number of likely N-dealkylation sites (tertiary alicyclic amines) is 1. The molecular weight excluding hydrogens is 524 g/mol. The first-order valence-corrected chi connectivity index (χ1v) is 14.9. The molecule has 1 fully saturated rings. The van der Waals surface area contributed by atoms with Crippen LogP contribution < -0.4 is 10.1 Å². The highest BCUT2D eigenvalue weighted by atomic mass is 79.9. The van der Waals surface area contributed by atoms with Crippen LogP contribution in [0.1, 0.15) is 87.7 Å². The van der Waals surface area contributed by atoms with E-state index in [-0.39, 0.29) is 6.04 Å². The van der Waals surface area contributed by atoms with Crippen LogP contribution in [0.5, 0.6) is 5.75 Å². The molecule has 1 aliphatic heterocycles. The van der Waals surface area contributed by atoms with E-state index in [1.807, 2.05) is 13.0 Å². The molecule has 3 aromatic rings. The van der Waals surface area contributed by atoms with Gasteiger partial charge >= 0.3 is 0 Å². The van der Waals surface area contributed by atoms with Gasteiger partial charge < -0.3 is 15.0 Å². The highest BCUT2D eigenvalue weighted by Gasteiger charge is 2.15. The van der Waals surface area contributed by atoms with Gasteiger partial charge in [0.05, 0.1) is 18.7 Å². The lowest BCUT2D eigenvalue weighted by atomic mass is 10.0. The van der Waals surface area contributed by atoms with Gasteiger partial charge in [0.1, 0.15) is 17.4 Å². The SMILES string of the molecule is COc1cc2c(NC(C)c3cccc(Br)c3)nc(C)nc2cc1CCCCCCCCN1CCCCC1. The van der Waals surface area contributed by atoms with Gasteiger partial charge in [0.2, 0.25) is 0 Å². The molecule has 1 aliphatic rings. The third-order valence-electron chi connectivity index (χ3n) is 7.53. The summed E-state index contributed by atoms with van der Waals surface area (Å²) in [6, 6.07) is 12.8. The van der Waals surface area contributed by atoms with Gasteiger partial charge in [0.15, 0.2) is 0 Å². The average Bonchev–Trinajstić information content (AvgIpc) is 2.90. The molecule has 2 heterocycles. The maximum absolute atomic E-state index is 5.82. The fourth-order valence-electron chi connectivity index (χ4n) is 5.42. The number of benzene rings is 2. The van der Waals surface area contributed by atoms with Crippen molar-refractivity contribution in [1.82, 2.24) is 14.9 Å². The number of halogens is 1. The van der Waals surface area contributed by atoms with Crippen molar-refractivity contribution in [2.75, 3.05) is 32.1 Å². The Morgan fingerprint density at radius 1 is 0.973 bits per heavy atom. The van der Waals surface area contributed by atoms with E-state index in [2.05, 4.69) is 63.4 Å². The van der Waals surface area contributed by atoms with Crippen LogP contribution in [0.2, 0.25) is 0 Å². The lowest BCUT2D eigenvalue weighted by molar-refractivity contribution is 0.224. The molecule has 4 rings (SSSR count). The van der Waals surface area contributed by atoms with Crippen LogP contribution in [0.3, 0.4) is 0 Å². The number of hydrogen-bond acceptors (Lipinski definition) is 5. The van der Waals surface area contributed by atoms with Crippen molar-refractivity contribution in [3.05, 3.63) is 57.8 Å². The molecule has 0 aliphatic carbocycles. The predicted octanol–water partition coefficient (Wildman–Crippen LogP) is 8.25. The number of aromatic nitrogens is 2. The Balaban J connectivity index is 1.32. The van der Waals surface area contributed by atoms with Crippen LogP contribution in [0, 0.1) is 6.92 Å². The molecule has 37 heavy (non-hydrogen) atoms. The Morgan fingerprint density at radius 3 is 2.49 bits per heavy atom. The van der Waals surface area contributed by atoms with Gasteiger partial charge in [-0.1, -0.05) is 60.2 Å². The Hall–Kier alpha value is -2.18. The molecule has 0 bridgehead atoms. The van der Waals surface area contributed by atoms with Crippen LogP contribution >= 0.6 is 15.9 Å². The van der Waals surface area contributed by atoms with Crippen LogP contribution in [-0.4, -0.2) is 41.6 Å². The number of hydrogen-bond donors (Lipinski definition) is 1. The molecule has 2 aromatic carbocycles. The molecule has 0 radical (unpaired) electrons. The maximum atomic E-state index is 5.82. The number of nitrogens with zero attached hydrogens (tertiary/aromatic N) is 3. The molecule has 1 N–H and O–H groups in total. The number of fused-ring (bicyclic) bond motifs is 1. The average molecular weight is 568 g/mol. The first kappa shape index (κ1) is 27.8. The molecule has 5 nitrogen and oxygen atoms in total. The van der Waals surface area contributed by atoms with Gasteiger partial charge in [-0.3, -0.25) is 0 Å². The topological polar surface area (TPSA) is 50.3 Å². The predicted molar refractivity (Wildman–Crippen MR) is 159 cm³/mol. The molecule has 1 saturated heterocycles. The molecule has 0 spiro atoms. The lowest BCUT2D eigenvalue weighted by Crippen LogP contribution is -2.30. The van der Waals surface area contributed by atoms with Crippen molar-refractivity contribution in [2.45, 2.75) is 84.1 Å². The normalized spacial score (nSPS) is 15.1. The van der Waals surface area contributed by atoms with E-state index in [0.717, 1.165) is 39.2 Å². The van der Waals surface area contributed by atoms with Crippen molar-refractivity contribution < 1.29 is 4.74 Å². The molecule has 1 aromatic heterocycles. The van der Waals surface area contributed by atoms with E-state index in [0.29, 0.717) is 0 Å². The van der Waals surface area contributed by atoms with Gasteiger partial charge in [-0.05, 0) is 101 Å². The Bertz CT molecular complexity index is 1150. The second-order valence-electron chi connectivity index (χ2n) is 10.5. The first-order valence-electron chi connectivity index (χ1n) is 14.1. The van der Waals surface area contributed by atoms with Gasteiger partial charge in [0, 0.05) is 9.86 Å². The number of anilines is 1. The lowest BCUT2D eigenvalue weighted by Gasteiger charge is -2.26. The van der Waals surface area contributed by atoms with Crippen molar-refractivity contribution in [3.63, 3.8) is 0 Å². The van der Waals surface area contributed by atoms with Crippen molar-refractivity contribution in [3.8, 4) is 5.75 Å². The quantitative estimate of drug-likeness (QED) is 0.211. The fourth-order valence-corrected chi connectivity index (χ4v) is 5.83. The van der Waals surface area contributed by atoms with Crippen molar-refractivity contribution in [2.24, 2.45) is 0 Å². The second-order valence-corrected chi connectivity index (χ2v) is 11.4. The summed E-state index contributed by atoms with van der Waals surface area (Å²) in [6.45, 7) is 8.06. The third-order valence-corrected chi connectivity index (χ3v) is 8.02. The summed E-state index contributed by atoms with van der Waals surface area (Å²) in [6.07, 6.45) is 13.1. The van der Waals surface area contributed by atoms with E-state index in [1.165, 1.54) is 88.5 Å². The zero-order valence-electron chi connectivity index (χ0n) is 22.9. The zero-order valence-corrected chi connectivity index (χ0v) is 24.4. The van der Waals surface area contributed by atoms with E-state index in [1.54, 1.807) is 7.11 Å². The Labute approximate surface area is 231 Å². The zero-order chi connectivity index (χ0) is 26.0. The first-order chi connectivity index (χ1) is 18.0. The number of nitrogens with one attached hydrogen (secondary N) is 1. The molecule has 1 atom stereocenters. The summed E-state index contributed by atoms with van der Waals surface area (Å²) in [5, 5.41) is 4.61. The van der Waals surface area contributed by atoms with Crippen LogP contribution in [0.15, 0.2) is 40.9 Å². The third kappa shape index (κ3) is 8.15. The maximum Gasteiger partial charge on any atom is 0.138 e. The van der Waals surface area contributed by atoms with Crippen molar-refractivity contribution >= 4 is 32.7 Å². The number of methoxy groups -OCH3 is 1. The molecular formula is C31H43BrN4O. The smallest absolute Gasteiger partial charge is 0.138 e. The van der Waals surface area contributed by atoms with Crippen LogP contribution in [0.25, 0.3) is 10.9 Å². The fraction of sp³-hybridized carbons (Fsp3) is 0.548. The molecule has 6 heteroatoms. The monoisotopic (exact) mass is 566 g/mol. The summed E-state index contributed by atoms with van der Waals surface area (Å²) in [5.41, 5.74) is 3.42. The Morgan fingerprint density at radius 2 is 1.73 bits per heavy atom. The summed E-state index contributed by atoms with van der Waals surface area (Å²) >= 11 is 3.58. The number of rotatable bonds is 13. The summed E-state index contributed by atoms with van der Waals surface area (Å²) < 4.78 is 6.89. The standard InChI is InChI=1S/C31H43BrN4O/c1-23(25-15-13-16-27(32)20-25)33-31-28-22-30(37-3)26(21-29(28)34-24(2)35-31)14-9-6-4-5-7-10-17-36-18-11-8-12-19-36/h13,15-16,20-23H,4-12,14,17-19H2,1-3H3,(H,33,34,35). The van der Waals surface area contributed by atoms with E-state index < -0.39 is 0 Å².